The van der Waals surface area contributed by atoms with Crippen molar-refractivity contribution in [1.29, 1.82) is 0 Å². The molecule has 1 atom stereocenters. The highest BCUT2D eigenvalue weighted by atomic mass is 32.1. The second-order valence-electron chi connectivity index (χ2n) is 4.22. The molecule has 19 heavy (non-hydrogen) atoms. The molecular formula is C12H17N5OS. The standard InChI is InChI=1S/C12H17N5OS/c1-4-10-15-16-11(19-10)7-14-12(18)8(2)17-6-5-13-9(17)3/h5-6,8H,4,7H2,1-3H3,(H,14,18)/t8-/m1/s1. The maximum absolute atomic E-state index is 12.0. The second kappa shape index (κ2) is 5.92. The van der Waals surface area contributed by atoms with Gasteiger partial charge in [-0.1, -0.05) is 18.3 Å². The lowest BCUT2D eigenvalue weighted by atomic mass is 10.3. The van der Waals surface area contributed by atoms with Gasteiger partial charge >= 0.3 is 0 Å². The number of imidazole rings is 1. The molecule has 0 aliphatic carbocycles. The average molecular weight is 279 g/mol. The Balaban J connectivity index is 1.92. The molecule has 102 valence electrons. The summed E-state index contributed by atoms with van der Waals surface area (Å²) >= 11 is 1.53. The first-order valence-electron chi connectivity index (χ1n) is 6.20. The zero-order valence-corrected chi connectivity index (χ0v) is 12.1. The molecule has 2 heterocycles. The van der Waals surface area contributed by atoms with E-state index in [2.05, 4.69) is 20.5 Å². The number of nitrogens with zero attached hydrogens (tertiary/aromatic N) is 4. The minimum absolute atomic E-state index is 0.0469. The van der Waals surface area contributed by atoms with E-state index in [0.29, 0.717) is 6.54 Å². The van der Waals surface area contributed by atoms with E-state index in [0.717, 1.165) is 22.3 Å². The normalized spacial score (nSPS) is 12.4. The van der Waals surface area contributed by atoms with E-state index in [-0.39, 0.29) is 11.9 Å². The molecule has 1 amide bonds. The van der Waals surface area contributed by atoms with E-state index in [4.69, 9.17) is 0 Å². The molecular weight excluding hydrogens is 262 g/mol. The molecule has 1 N–H and O–H groups in total. The number of hydrogen-bond donors (Lipinski definition) is 1. The van der Waals surface area contributed by atoms with Crippen molar-refractivity contribution in [2.45, 2.75) is 39.8 Å². The van der Waals surface area contributed by atoms with Crippen LogP contribution >= 0.6 is 11.3 Å². The second-order valence-corrected chi connectivity index (χ2v) is 5.37. The third-order valence-electron chi connectivity index (χ3n) is 2.88. The van der Waals surface area contributed by atoms with Crippen molar-refractivity contribution in [2.24, 2.45) is 0 Å². The summed E-state index contributed by atoms with van der Waals surface area (Å²) in [7, 11) is 0. The predicted octanol–water partition coefficient (Wildman–Crippen LogP) is 1.48. The molecule has 7 heteroatoms. The Labute approximate surface area is 115 Å². The Morgan fingerprint density at radius 1 is 1.47 bits per heavy atom. The molecule has 0 bridgehead atoms. The van der Waals surface area contributed by atoms with Crippen LogP contribution in [0, 0.1) is 6.92 Å². The molecule has 2 aromatic heterocycles. The summed E-state index contributed by atoms with van der Waals surface area (Å²) in [6, 6.07) is -0.277. The summed E-state index contributed by atoms with van der Waals surface area (Å²) in [5.41, 5.74) is 0. The van der Waals surface area contributed by atoms with Crippen LogP contribution in [-0.4, -0.2) is 25.7 Å². The lowest BCUT2D eigenvalue weighted by Gasteiger charge is -2.14. The molecule has 0 saturated heterocycles. The first-order chi connectivity index (χ1) is 9.11. The van der Waals surface area contributed by atoms with Crippen LogP contribution < -0.4 is 5.32 Å². The van der Waals surface area contributed by atoms with Crippen LogP contribution in [0.15, 0.2) is 12.4 Å². The lowest BCUT2D eigenvalue weighted by molar-refractivity contribution is -0.124. The van der Waals surface area contributed by atoms with Crippen molar-refractivity contribution >= 4 is 17.2 Å². The van der Waals surface area contributed by atoms with Crippen molar-refractivity contribution in [3.8, 4) is 0 Å². The average Bonchev–Trinajstić information content (AvgIpc) is 3.03. The van der Waals surface area contributed by atoms with Gasteiger partial charge in [0.1, 0.15) is 21.9 Å². The first kappa shape index (κ1) is 13.7. The summed E-state index contributed by atoms with van der Waals surface area (Å²) in [5, 5.41) is 12.8. The predicted molar refractivity (Wildman–Crippen MR) is 72.8 cm³/mol. The first-order valence-corrected chi connectivity index (χ1v) is 7.02. The largest absolute Gasteiger partial charge is 0.348 e. The lowest BCUT2D eigenvalue weighted by Crippen LogP contribution is -2.30. The Morgan fingerprint density at radius 2 is 2.21 bits per heavy atom. The van der Waals surface area contributed by atoms with E-state index in [9.17, 15) is 4.79 Å². The number of hydrogen-bond acceptors (Lipinski definition) is 5. The van der Waals surface area contributed by atoms with Gasteiger partial charge in [-0.3, -0.25) is 4.79 Å². The third kappa shape index (κ3) is 3.17. The molecule has 0 saturated carbocycles. The van der Waals surface area contributed by atoms with Crippen LogP contribution in [0.1, 0.15) is 35.7 Å². The van der Waals surface area contributed by atoms with Gasteiger partial charge in [-0.15, -0.1) is 10.2 Å². The molecule has 0 aromatic carbocycles. The number of aromatic nitrogens is 4. The SMILES string of the molecule is CCc1nnc(CNC(=O)[C@@H](C)n2ccnc2C)s1. The van der Waals surface area contributed by atoms with Crippen LogP contribution in [-0.2, 0) is 17.8 Å². The van der Waals surface area contributed by atoms with E-state index in [1.54, 1.807) is 12.4 Å². The Kier molecular flexibility index (Phi) is 4.26. The molecule has 2 aromatic rings. The summed E-state index contributed by atoms with van der Waals surface area (Å²) < 4.78 is 1.84. The minimum atomic E-state index is -0.277. The van der Waals surface area contributed by atoms with Gasteiger partial charge in [-0.2, -0.15) is 0 Å². The highest BCUT2D eigenvalue weighted by molar-refractivity contribution is 7.11. The monoisotopic (exact) mass is 279 g/mol. The number of carbonyl (C=O) groups is 1. The number of amides is 1. The molecule has 0 radical (unpaired) electrons. The fourth-order valence-electron chi connectivity index (χ4n) is 1.74. The fraction of sp³-hybridized carbons (Fsp3) is 0.500. The van der Waals surface area contributed by atoms with Crippen molar-refractivity contribution in [3.63, 3.8) is 0 Å². The van der Waals surface area contributed by atoms with Gasteiger partial charge in [0.15, 0.2) is 0 Å². The van der Waals surface area contributed by atoms with E-state index in [1.165, 1.54) is 11.3 Å². The number of nitrogens with one attached hydrogen (secondary N) is 1. The summed E-state index contributed by atoms with van der Waals surface area (Å²) in [5.74, 6) is 0.779. The molecule has 2 rings (SSSR count). The van der Waals surface area contributed by atoms with Gasteiger partial charge in [0.25, 0.3) is 0 Å². The van der Waals surface area contributed by atoms with Gasteiger partial charge < -0.3 is 9.88 Å². The van der Waals surface area contributed by atoms with Gasteiger partial charge in [0.2, 0.25) is 5.91 Å². The maximum atomic E-state index is 12.0. The van der Waals surface area contributed by atoms with Crippen LogP contribution in [0.3, 0.4) is 0 Å². The topological polar surface area (TPSA) is 72.7 Å². The van der Waals surface area contributed by atoms with Crippen molar-refractivity contribution in [3.05, 3.63) is 28.2 Å². The van der Waals surface area contributed by atoms with Gasteiger partial charge in [0.05, 0.1) is 6.54 Å². The van der Waals surface area contributed by atoms with Gasteiger partial charge in [-0.05, 0) is 20.3 Å². The molecule has 0 aliphatic heterocycles. The molecule has 0 aliphatic rings. The Morgan fingerprint density at radius 3 is 2.79 bits per heavy atom. The molecule has 0 unspecified atom stereocenters. The Bertz CT molecular complexity index is 562. The number of aryl methyl sites for hydroxylation is 2. The number of carbonyl (C=O) groups excluding carboxylic acids is 1. The number of rotatable bonds is 5. The van der Waals surface area contributed by atoms with E-state index >= 15 is 0 Å². The van der Waals surface area contributed by atoms with Crippen LogP contribution in [0.5, 0.6) is 0 Å². The smallest absolute Gasteiger partial charge is 0.243 e. The molecule has 6 nitrogen and oxygen atoms in total. The zero-order chi connectivity index (χ0) is 13.8. The molecule has 0 spiro atoms. The van der Waals surface area contributed by atoms with Gasteiger partial charge in [0, 0.05) is 12.4 Å². The molecule has 0 fully saturated rings. The van der Waals surface area contributed by atoms with Crippen LogP contribution in [0.2, 0.25) is 0 Å². The zero-order valence-electron chi connectivity index (χ0n) is 11.3. The summed E-state index contributed by atoms with van der Waals surface area (Å²) in [6.45, 7) is 6.19. The summed E-state index contributed by atoms with van der Waals surface area (Å²) in [4.78, 5) is 16.2. The van der Waals surface area contributed by atoms with Crippen molar-refractivity contribution < 1.29 is 4.79 Å². The highest BCUT2D eigenvalue weighted by Crippen LogP contribution is 2.11. The van der Waals surface area contributed by atoms with Crippen LogP contribution in [0.25, 0.3) is 0 Å². The fourth-order valence-corrected chi connectivity index (χ4v) is 2.46. The third-order valence-corrected chi connectivity index (χ3v) is 3.95. The minimum Gasteiger partial charge on any atom is -0.348 e. The van der Waals surface area contributed by atoms with Gasteiger partial charge in [-0.25, -0.2) is 4.98 Å². The van der Waals surface area contributed by atoms with Crippen molar-refractivity contribution in [2.75, 3.05) is 0 Å². The summed E-state index contributed by atoms with van der Waals surface area (Å²) in [6.07, 6.45) is 4.37. The quantitative estimate of drug-likeness (QED) is 0.900. The maximum Gasteiger partial charge on any atom is 0.243 e. The Hall–Kier alpha value is -1.76. The van der Waals surface area contributed by atoms with Crippen LogP contribution in [0.4, 0.5) is 0 Å². The van der Waals surface area contributed by atoms with E-state index < -0.39 is 0 Å². The van der Waals surface area contributed by atoms with Crippen molar-refractivity contribution in [1.82, 2.24) is 25.1 Å². The highest BCUT2D eigenvalue weighted by Gasteiger charge is 2.16. The van der Waals surface area contributed by atoms with E-state index in [1.807, 2.05) is 25.3 Å².